The molecule has 5 atom stereocenters. The van der Waals surface area contributed by atoms with E-state index in [1.54, 1.807) is 6.08 Å². The summed E-state index contributed by atoms with van der Waals surface area (Å²) in [7, 11) is 0. The third-order valence-electron chi connectivity index (χ3n) is 5.50. The standard InChI is InChI=1S/C27H30N2O10S/c1-6-12-29-25(34)20(13-19-10-8-7-9-11-19)28-27(29)40-26-24(38-18(5)33)23(37-17(4)32)22(36-16(3)31)21(39-26)14-35-15(2)30/h6-11,13,21-24,26H,1,12,14H2,2-5H3/b20-13-/t21-,22+,23+,24-,26+/m1/s1. The van der Waals surface area contributed by atoms with Crippen LogP contribution in [0.1, 0.15) is 33.3 Å². The average Bonchev–Trinajstić information content (AvgIpc) is 3.15. The fourth-order valence-electron chi connectivity index (χ4n) is 4.01. The third kappa shape index (κ3) is 8.02. The maximum absolute atomic E-state index is 13.2. The highest BCUT2D eigenvalue weighted by Gasteiger charge is 2.53. The van der Waals surface area contributed by atoms with Crippen LogP contribution >= 0.6 is 11.8 Å². The van der Waals surface area contributed by atoms with Gasteiger partial charge < -0.3 is 23.7 Å². The molecule has 0 aliphatic carbocycles. The number of benzene rings is 1. The minimum atomic E-state index is -1.33. The second-order valence-corrected chi connectivity index (χ2v) is 9.79. The van der Waals surface area contributed by atoms with Crippen molar-refractivity contribution in [2.75, 3.05) is 13.2 Å². The van der Waals surface area contributed by atoms with Gasteiger partial charge in [0, 0.05) is 34.2 Å². The number of hydrogen-bond acceptors (Lipinski definition) is 12. The molecule has 40 heavy (non-hydrogen) atoms. The van der Waals surface area contributed by atoms with E-state index in [1.165, 1.54) is 17.9 Å². The second kappa shape index (κ2) is 13.9. The van der Waals surface area contributed by atoms with Crippen molar-refractivity contribution in [1.82, 2.24) is 4.90 Å². The lowest BCUT2D eigenvalue weighted by Gasteiger charge is -2.44. The summed E-state index contributed by atoms with van der Waals surface area (Å²) < 4.78 is 27.6. The first kappa shape index (κ1) is 30.6. The third-order valence-corrected chi connectivity index (χ3v) is 6.63. The van der Waals surface area contributed by atoms with E-state index in [0.29, 0.717) is 0 Å². The highest BCUT2D eigenvalue weighted by molar-refractivity contribution is 8.14. The predicted molar refractivity (Wildman–Crippen MR) is 143 cm³/mol. The van der Waals surface area contributed by atoms with Crippen molar-refractivity contribution < 1.29 is 47.7 Å². The number of nitrogens with zero attached hydrogens (tertiary/aromatic N) is 2. The molecule has 2 aliphatic heterocycles. The Kier molecular flexibility index (Phi) is 10.6. The molecule has 0 bridgehead atoms. The largest absolute Gasteiger partial charge is 0.463 e. The number of carbonyl (C=O) groups is 5. The Balaban J connectivity index is 2.03. The van der Waals surface area contributed by atoms with E-state index in [0.717, 1.165) is 38.1 Å². The van der Waals surface area contributed by atoms with Gasteiger partial charge in [0.2, 0.25) is 0 Å². The van der Waals surface area contributed by atoms with Gasteiger partial charge >= 0.3 is 23.9 Å². The van der Waals surface area contributed by atoms with Crippen molar-refractivity contribution in [1.29, 1.82) is 0 Å². The zero-order valence-corrected chi connectivity index (χ0v) is 23.3. The molecular weight excluding hydrogens is 544 g/mol. The predicted octanol–water partition coefficient (Wildman–Crippen LogP) is 2.23. The quantitative estimate of drug-likeness (QED) is 0.185. The van der Waals surface area contributed by atoms with Gasteiger partial charge in [0.1, 0.15) is 18.4 Å². The number of esters is 4. The van der Waals surface area contributed by atoms with Crippen LogP contribution in [-0.2, 0) is 47.7 Å². The zero-order chi connectivity index (χ0) is 29.4. The van der Waals surface area contributed by atoms with Crippen molar-refractivity contribution in [2.24, 2.45) is 4.99 Å². The van der Waals surface area contributed by atoms with Crippen molar-refractivity contribution >= 4 is 52.8 Å². The highest BCUT2D eigenvalue weighted by atomic mass is 32.2. The van der Waals surface area contributed by atoms with Crippen LogP contribution in [-0.4, -0.2) is 82.9 Å². The molecule has 0 saturated carbocycles. The van der Waals surface area contributed by atoms with Gasteiger partial charge in [0.25, 0.3) is 5.91 Å². The maximum atomic E-state index is 13.2. The summed E-state index contributed by atoms with van der Waals surface area (Å²) in [5.74, 6) is -3.22. The van der Waals surface area contributed by atoms with Gasteiger partial charge in [0.15, 0.2) is 28.9 Å². The maximum Gasteiger partial charge on any atom is 0.303 e. The topological polar surface area (TPSA) is 147 Å². The van der Waals surface area contributed by atoms with Crippen LogP contribution in [0.2, 0.25) is 0 Å². The molecule has 0 spiro atoms. The normalized spacial score (nSPS) is 25.1. The summed E-state index contributed by atoms with van der Waals surface area (Å²) in [5.41, 5.74) is -0.219. The SMILES string of the molecule is C=CCN1C(=O)/C(=C/c2ccccc2)N=C1S[C@@H]1O[C@H](COC(C)=O)[C@H](OC(C)=O)[C@H](OC(C)=O)[C@H]1OC(C)=O. The van der Waals surface area contributed by atoms with Gasteiger partial charge in [-0.1, -0.05) is 48.2 Å². The molecule has 1 fully saturated rings. The molecule has 0 N–H and O–H groups in total. The second-order valence-electron chi connectivity index (χ2n) is 8.72. The van der Waals surface area contributed by atoms with E-state index in [2.05, 4.69) is 11.6 Å². The summed E-state index contributed by atoms with van der Waals surface area (Å²) in [5, 5.41) is 0.202. The van der Waals surface area contributed by atoms with Crippen LogP contribution in [0.25, 0.3) is 6.08 Å². The number of thioether (sulfide) groups is 1. The first-order valence-electron chi connectivity index (χ1n) is 12.3. The molecule has 2 aliphatic rings. The van der Waals surface area contributed by atoms with Gasteiger partial charge in [-0.3, -0.25) is 28.9 Å². The van der Waals surface area contributed by atoms with Crippen LogP contribution in [0.4, 0.5) is 0 Å². The Hall–Kier alpha value is -3.97. The first-order chi connectivity index (χ1) is 19.0. The van der Waals surface area contributed by atoms with Crippen LogP contribution in [0.5, 0.6) is 0 Å². The summed E-state index contributed by atoms with van der Waals surface area (Å²) in [4.78, 5) is 66.7. The Morgan fingerprint density at radius 2 is 1.55 bits per heavy atom. The zero-order valence-electron chi connectivity index (χ0n) is 22.4. The lowest BCUT2D eigenvalue weighted by molar-refractivity contribution is -0.237. The van der Waals surface area contributed by atoms with Crippen LogP contribution in [0.15, 0.2) is 53.7 Å². The van der Waals surface area contributed by atoms with Crippen molar-refractivity contribution in [3.05, 3.63) is 54.2 Å². The van der Waals surface area contributed by atoms with E-state index < -0.39 is 59.6 Å². The van der Waals surface area contributed by atoms with Gasteiger partial charge in [-0.25, -0.2) is 4.99 Å². The monoisotopic (exact) mass is 574 g/mol. The molecule has 0 unspecified atom stereocenters. The fourth-order valence-corrected chi connectivity index (χ4v) is 5.19. The van der Waals surface area contributed by atoms with Gasteiger partial charge in [0.05, 0.1) is 0 Å². The first-order valence-corrected chi connectivity index (χ1v) is 13.1. The molecular formula is C27H30N2O10S. The summed E-state index contributed by atoms with van der Waals surface area (Å²) in [6, 6.07) is 9.13. The Labute approximate surface area is 235 Å². The fraction of sp³-hybridized carbons (Fsp3) is 0.407. The molecule has 1 saturated heterocycles. The molecule has 2 heterocycles. The average molecular weight is 575 g/mol. The van der Waals surface area contributed by atoms with Crippen LogP contribution in [0.3, 0.4) is 0 Å². The van der Waals surface area contributed by atoms with E-state index >= 15 is 0 Å². The van der Waals surface area contributed by atoms with E-state index in [-0.39, 0.29) is 24.0 Å². The molecule has 1 aromatic carbocycles. The van der Waals surface area contributed by atoms with Crippen molar-refractivity contribution in [3.8, 4) is 0 Å². The summed E-state index contributed by atoms with van der Waals surface area (Å²) in [6.45, 7) is 8.07. The molecule has 214 valence electrons. The Morgan fingerprint density at radius 1 is 0.950 bits per heavy atom. The van der Waals surface area contributed by atoms with E-state index in [4.69, 9.17) is 23.7 Å². The number of carbonyl (C=O) groups excluding carboxylic acids is 5. The number of rotatable bonds is 9. The van der Waals surface area contributed by atoms with Gasteiger partial charge in [-0.15, -0.1) is 6.58 Å². The van der Waals surface area contributed by atoms with Crippen LogP contribution < -0.4 is 0 Å². The Morgan fingerprint density at radius 3 is 2.12 bits per heavy atom. The molecule has 0 radical (unpaired) electrons. The minimum absolute atomic E-state index is 0.113. The summed E-state index contributed by atoms with van der Waals surface area (Å²) in [6.07, 6.45) is -1.89. The smallest absolute Gasteiger partial charge is 0.303 e. The van der Waals surface area contributed by atoms with E-state index in [9.17, 15) is 24.0 Å². The number of hydrogen-bond donors (Lipinski definition) is 0. The molecule has 12 nitrogen and oxygen atoms in total. The van der Waals surface area contributed by atoms with Crippen LogP contribution in [0, 0.1) is 0 Å². The summed E-state index contributed by atoms with van der Waals surface area (Å²) >= 11 is 0.929. The Bertz CT molecular complexity index is 1210. The van der Waals surface area contributed by atoms with E-state index in [1.807, 2.05) is 30.3 Å². The van der Waals surface area contributed by atoms with Gasteiger partial charge in [-0.05, 0) is 11.6 Å². The lowest BCUT2D eigenvalue weighted by atomic mass is 9.99. The highest BCUT2D eigenvalue weighted by Crippen LogP contribution is 2.37. The van der Waals surface area contributed by atoms with Crippen molar-refractivity contribution in [2.45, 2.75) is 57.5 Å². The minimum Gasteiger partial charge on any atom is -0.463 e. The number of amides is 1. The number of aliphatic imine (C=N–C) groups is 1. The molecule has 1 aromatic rings. The lowest BCUT2D eigenvalue weighted by Crippen LogP contribution is -2.61. The molecule has 1 amide bonds. The van der Waals surface area contributed by atoms with Gasteiger partial charge in [-0.2, -0.15) is 0 Å². The molecule has 0 aromatic heterocycles. The number of amidine groups is 1. The molecule has 13 heteroatoms. The van der Waals surface area contributed by atoms with Crippen molar-refractivity contribution in [3.63, 3.8) is 0 Å². The number of ether oxygens (including phenoxy) is 5. The molecule has 3 rings (SSSR count).